The van der Waals surface area contributed by atoms with Crippen molar-refractivity contribution in [1.29, 1.82) is 0 Å². The Hall–Kier alpha value is -1.26. The predicted octanol–water partition coefficient (Wildman–Crippen LogP) is 6.74. The zero-order chi connectivity index (χ0) is 18.6. The number of hydrogen-bond donors (Lipinski definition) is 0. The van der Waals surface area contributed by atoms with Crippen molar-refractivity contribution in [1.82, 2.24) is 0 Å². The van der Waals surface area contributed by atoms with Crippen molar-refractivity contribution in [3.8, 4) is 5.75 Å². The Morgan fingerprint density at radius 3 is 2.62 bits per heavy atom. The number of unbranched alkanes of at least 4 members (excludes halogenated alkanes) is 1. The minimum Gasteiger partial charge on any atom is -0.496 e. The molecule has 0 N–H and O–H groups in total. The second-order valence-electron chi connectivity index (χ2n) is 6.78. The fourth-order valence-corrected chi connectivity index (χ4v) is 5.19. The van der Waals surface area contributed by atoms with Gasteiger partial charge in [-0.05, 0) is 40.9 Å². The molecule has 1 aliphatic rings. The fraction of sp³-hybridized carbons (Fsp3) is 0.409. The molecule has 0 radical (unpaired) electrons. The van der Waals surface area contributed by atoms with Crippen molar-refractivity contribution in [3.05, 3.63) is 58.1 Å². The number of thioether (sulfide) groups is 1. The summed E-state index contributed by atoms with van der Waals surface area (Å²) < 4.78 is 6.51. The molecule has 0 amide bonds. The molecule has 3 rings (SSSR count). The van der Waals surface area contributed by atoms with Crippen LogP contribution >= 0.6 is 27.7 Å². The summed E-state index contributed by atoms with van der Waals surface area (Å²) in [5.74, 6) is 1.89. The highest BCUT2D eigenvalue weighted by Gasteiger charge is 2.32. The van der Waals surface area contributed by atoms with Gasteiger partial charge in [0.2, 0.25) is 0 Å². The second-order valence-corrected chi connectivity index (χ2v) is 8.65. The molecule has 0 aromatic heterocycles. The molecule has 0 bridgehead atoms. The third-order valence-corrected chi connectivity index (χ3v) is 7.01. The molecule has 0 saturated carbocycles. The molecule has 0 saturated heterocycles. The molecule has 1 heterocycles. The van der Waals surface area contributed by atoms with E-state index in [1.54, 1.807) is 7.11 Å². The first-order valence-corrected chi connectivity index (χ1v) is 11.1. The predicted molar refractivity (Wildman–Crippen MR) is 116 cm³/mol. The van der Waals surface area contributed by atoms with Crippen molar-refractivity contribution in [3.63, 3.8) is 0 Å². The Kier molecular flexibility index (Phi) is 6.46. The van der Waals surface area contributed by atoms with Crippen LogP contribution in [-0.2, 0) is 0 Å². The molecule has 0 spiro atoms. The lowest BCUT2D eigenvalue weighted by atomic mass is 9.91. The third kappa shape index (κ3) is 4.01. The quantitative estimate of drug-likeness (QED) is 0.504. The van der Waals surface area contributed by atoms with Gasteiger partial charge in [-0.15, -0.1) is 11.8 Å². The minimum atomic E-state index is -0.00934. The van der Waals surface area contributed by atoms with Gasteiger partial charge >= 0.3 is 0 Å². The summed E-state index contributed by atoms with van der Waals surface area (Å²) in [6.07, 6.45) is 4.61. The van der Waals surface area contributed by atoms with Gasteiger partial charge in [-0.2, -0.15) is 0 Å². The zero-order valence-corrected chi connectivity index (χ0v) is 18.1. The van der Waals surface area contributed by atoms with Crippen LogP contribution in [-0.4, -0.2) is 24.1 Å². The SMILES string of the molecule is CCCCC1(CC)CSc2cc(OC)c(Br)cc2C(c2ccccc2)=N1. The molecular weight excluding hydrogens is 406 g/mol. The molecule has 1 aliphatic heterocycles. The number of halogens is 1. The highest BCUT2D eigenvalue weighted by atomic mass is 79.9. The maximum Gasteiger partial charge on any atom is 0.134 e. The van der Waals surface area contributed by atoms with Gasteiger partial charge in [0.15, 0.2) is 0 Å². The first-order chi connectivity index (χ1) is 12.6. The lowest BCUT2D eigenvalue weighted by molar-refractivity contribution is 0.411. The van der Waals surface area contributed by atoms with E-state index in [1.165, 1.54) is 28.9 Å². The highest BCUT2D eigenvalue weighted by molar-refractivity contribution is 9.10. The van der Waals surface area contributed by atoms with Crippen molar-refractivity contribution in [2.45, 2.75) is 50.0 Å². The fourth-order valence-electron chi connectivity index (χ4n) is 3.35. The van der Waals surface area contributed by atoms with E-state index in [1.807, 2.05) is 11.8 Å². The van der Waals surface area contributed by atoms with Crippen molar-refractivity contribution >= 4 is 33.4 Å². The molecule has 26 heavy (non-hydrogen) atoms. The van der Waals surface area contributed by atoms with Crippen LogP contribution in [0, 0.1) is 0 Å². The van der Waals surface area contributed by atoms with E-state index < -0.39 is 0 Å². The highest BCUT2D eigenvalue weighted by Crippen LogP contribution is 2.41. The van der Waals surface area contributed by atoms with Gasteiger partial charge in [0.25, 0.3) is 0 Å². The molecule has 1 atom stereocenters. The van der Waals surface area contributed by atoms with Crippen molar-refractivity contribution in [2.24, 2.45) is 4.99 Å². The third-order valence-electron chi connectivity index (χ3n) is 5.06. The second kappa shape index (κ2) is 8.62. The van der Waals surface area contributed by atoms with Gasteiger partial charge in [-0.1, -0.05) is 57.0 Å². The van der Waals surface area contributed by atoms with E-state index in [2.05, 4.69) is 72.2 Å². The van der Waals surface area contributed by atoms with E-state index in [-0.39, 0.29) is 5.54 Å². The van der Waals surface area contributed by atoms with Gasteiger partial charge < -0.3 is 4.74 Å². The Labute approximate surface area is 169 Å². The standard InChI is InChI=1S/C22H26BrNOS/c1-4-6-12-22(5-2)15-26-20-14-19(25-3)18(23)13-17(20)21(24-22)16-10-8-7-9-11-16/h7-11,13-14H,4-6,12,15H2,1-3H3. The largest absolute Gasteiger partial charge is 0.496 e. The van der Waals surface area contributed by atoms with Crippen molar-refractivity contribution < 1.29 is 4.74 Å². The number of methoxy groups -OCH3 is 1. The Morgan fingerprint density at radius 1 is 1.19 bits per heavy atom. The minimum absolute atomic E-state index is 0.00934. The molecule has 0 fully saturated rings. The van der Waals surface area contributed by atoms with E-state index >= 15 is 0 Å². The molecule has 2 aromatic carbocycles. The van der Waals surface area contributed by atoms with Crippen LogP contribution < -0.4 is 4.74 Å². The van der Waals surface area contributed by atoms with E-state index in [0.717, 1.165) is 34.5 Å². The summed E-state index contributed by atoms with van der Waals surface area (Å²) in [5.41, 5.74) is 3.47. The van der Waals surface area contributed by atoms with Crippen LogP contribution in [0.15, 0.2) is 56.8 Å². The molecule has 2 nitrogen and oxygen atoms in total. The Balaban J connectivity index is 2.18. The molecule has 138 valence electrons. The number of aliphatic imine (C=N–C) groups is 1. The number of hydrogen-bond acceptors (Lipinski definition) is 3. The van der Waals surface area contributed by atoms with Crippen LogP contribution in [0.4, 0.5) is 0 Å². The van der Waals surface area contributed by atoms with E-state index in [9.17, 15) is 0 Å². The molecular formula is C22H26BrNOS. The number of rotatable bonds is 6. The van der Waals surface area contributed by atoms with Crippen LogP contribution in [0.25, 0.3) is 0 Å². The first kappa shape index (κ1) is 19.5. The van der Waals surface area contributed by atoms with Gasteiger partial charge in [-0.3, -0.25) is 4.99 Å². The van der Waals surface area contributed by atoms with Crippen molar-refractivity contribution in [2.75, 3.05) is 12.9 Å². The summed E-state index contributed by atoms with van der Waals surface area (Å²) >= 11 is 5.57. The maximum atomic E-state index is 5.54. The van der Waals surface area contributed by atoms with Crippen LogP contribution in [0.1, 0.15) is 50.7 Å². The summed E-state index contributed by atoms with van der Waals surface area (Å²) in [5, 5.41) is 0. The topological polar surface area (TPSA) is 21.6 Å². The summed E-state index contributed by atoms with van der Waals surface area (Å²) in [7, 11) is 1.72. The van der Waals surface area contributed by atoms with E-state index in [4.69, 9.17) is 9.73 Å². The maximum absolute atomic E-state index is 5.54. The average molecular weight is 432 g/mol. The monoisotopic (exact) mass is 431 g/mol. The number of benzene rings is 2. The van der Waals surface area contributed by atoms with Gasteiger partial charge in [0.05, 0.1) is 22.8 Å². The zero-order valence-electron chi connectivity index (χ0n) is 15.7. The van der Waals surface area contributed by atoms with Crippen LogP contribution in [0.3, 0.4) is 0 Å². The molecule has 4 heteroatoms. The lowest BCUT2D eigenvalue weighted by Gasteiger charge is -2.28. The van der Waals surface area contributed by atoms with Gasteiger partial charge in [0, 0.05) is 21.8 Å². The number of fused-ring (bicyclic) bond motifs is 1. The van der Waals surface area contributed by atoms with Crippen LogP contribution in [0.5, 0.6) is 5.75 Å². The molecule has 1 unspecified atom stereocenters. The number of nitrogens with zero attached hydrogens (tertiary/aromatic N) is 1. The summed E-state index contributed by atoms with van der Waals surface area (Å²) in [6.45, 7) is 4.53. The smallest absolute Gasteiger partial charge is 0.134 e. The van der Waals surface area contributed by atoms with Gasteiger partial charge in [0.1, 0.15) is 5.75 Å². The average Bonchev–Trinajstić information content (AvgIpc) is 2.84. The summed E-state index contributed by atoms with van der Waals surface area (Å²) in [6, 6.07) is 14.9. The summed E-state index contributed by atoms with van der Waals surface area (Å²) in [4.78, 5) is 6.65. The first-order valence-electron chi connectivity index (χ1n) is 9.28. The van der Waals surface area contributed by atoms with Gasteiger partial charge in [-0.25, -0.2) is 0 Å². The van der Waals surface area contributed by atoms with E-state index in [0.29, 0.717) is 0 Å². The lowest BCUT2D eigenvalue weighted by Crippen LogP contribution is -2.29. The Morgan fingerprint density at radius 2 is 1.96 bits per heavy atom. The molecule has 2 aromatic rings. The molecule has 0 aliphatic carbocycles. The number of ether oxygens (including phenoxy) is 1. The van der Waals surface area contributed by atoms with Crippen LogP contribution in [0.2, 0.25) is 0 Å². The Bertz CT molecular complexity index is 790. The normalized spacial score (nSPS) is 19.5.